The van der Waals surface area contributed by atoms with E-state index >= 15 is 0 Å². The Morgan fingerprint density at radius 1 is 0.711 bits per heavy atom. The fraction of sp³-hybridized carbons (Fsp3) is 0.361. The number of hydrogen-bond donors (Lipinski definition) is 0. The van der Waals surface area contributed by atoms with Crippen molar-refractivity contribution in [2.75, 3.05) is 0 Å². The Bertz CT molecular complexity index is 1780. The van der Waals surface area contributed by atoms with Crippen LogP contribution >= 0.6 is 11.8 Å². The van der Waals surface area contributed by atoms with Crippen LogP contribution in [0.25, 0.3) is 43.6 Å². The van der Waals surface area contributed by atoms with Gasteiger partial charge in [-0.2, -0.15) is 0 Å². The summed E-state index contributed by atoms with van der Waals surface area (Å²) in [6.07, 6.45) is 4.42. The first-order valence-electron chi connectivity index (χ1n) is 13.9. The van der Waals surface area contributed by atoms with Crippen molar-refractivity contribution in [2.24, 2.45) is 17.9 Å². The lowest BCUT2D eigenvalue weighted by Gasteiger charge is -2.28. The molecule has 1 nitrogen and oxygen atoms in total. The van der Waals surface area contributed by atoms with E-state index in [1.165, 1.54) is 75.6 Å². The van der Waals surface area contributed by atoms with E-state index in [0.29, 0.717) is 0 Å². The molecular formula is C36H40NS+. The van der Waals surface area contributed by atoms with E-state index in [1.807, 2.05) is 11.8 Å². The van der Waals surface area contributed by atoms with E-state index in [9.17, 15) is 0 Å². The van der Waals surface area contributed by atoms with E-state index in [4.69, 9.17) is 0 Å². The highest BCUT2D eigenvalue weighted by molar-refractivity contribution is 8.00. The van der Waals surface area contributed by atoms with E-state index in [1.54, 1.807) is 0 Å². The zero-order chi connectivity index (χ0) is 27.1. The number of aryl methyl sites for hydroxylation is 3. The maximum atomic E-state index is 2.50. The summed E-state index contributed by atoms with van der Waals surface area (Å²) in [6, 6.07) is 18.6. The average Bonchev–Trinajstić information content (AvgIpc) is 2.83. The first-order chi connectivity index (χ1) is 17.8. The third-order valence-electron chi connectivity index (χ3n) is 8.17. The molecule has 1 aliphatic heterocycles. The Balaban J connectivity index is 1.74. The summed E-state index contributed by atoms with van der Waals surface area (Å²) in [6.45, 7) is 18.8. The normalized spacial score (nSPS) is 13.5. The number of hydrogen-bond acceptors (Lipinski definition) is 1. The first kappa shape index (κ1) is 25.4. The Labute approximate surface area is 232 Å². The van der Waals surface area contributed by atoms with Gasteiger partial charge in [0.25, 0.3) is 0 Å². The molecule has 0 aliphatic carbocycles. The zero-order valence-electron chi connectivity index (χ0n) is 24.5. The maximum Gasteiger partial charge on any atom is 0.222 e. The van der Waals surface area contributed by atoms with Crippen LogP contribution in [0.15, 0.2) is 64.5 Å². The highest BCUT2D eigenvalue weighted by atomic mass is 32.2. The van der Waals surface area contributed by atoms with E-state index in [-0.39, 0.29) is 10.8 Å². The molecule has 2 heterocycles. The highest BCUT2D eigenvalue weighted by Gasteiger charge is 2.33. The molecule has 6 rings (SSSR count). The number of fused-ring (bicyclic) bond motifs is 5. The molecule has 0 unspecified atom stereocenters. The lowest BCUT2D eigenvalue weighted by molar-refractivity contribution is -0.659. The van der Waals surface area contributed by atoms with Gasteiger partial charge in [-0.3, -0.25) is 0 Å². The summed E-state index contributed by atoms with van der Waals surface area (Å²) in [5, 5.41) is 8.35. The topological polar surface area (TPSA) is 3.88 Å². The van der Waals surface area contributed by atoms with Gasteiger partial charge in [-0.15, -0.1) is 0 Å². The van der Waals surface area contributed by atoms with E-state index in [0.717, 1.165) is 12.8 Å². The van der Waals surface area contributed by atoms with Crippen molar-refractivity contribution in [2.45, 2.75) is 78.0 Å². The van der Waals surface area contributed by atoms with E-state index < -0.39 is 0 Å². The van der Waals surface area contributed by atoms with Crippen LogP contribution in [0.2, 0.25) is 0 Å². The van der Waals surface area contributed by atoms with Crippen molar-refractivity contribution in [1.29, 1.82) is 0 Å². The number of aromatic nitrogens is 1. The molecule has 1 aliphatic rings. The summed E-state index contributed by atoms with van der Waals surface area (Å²) in [5.41, 5.74) is 9.04. The first-order valence-corrected chi connectivity index (χ1v) is 14.8. The van der Waals surface area contributed by atoms with Crippen LogP contribution in [0.5, 0.6) is 0 Å². The molecule has 0 atom stereocenters. The minimum Gasteiger partial charge on any atom is -0.200 e. The van der Waals surface area contributed by atoms with E-state index in [2.05, 4.69) is 122 Å². The molecular weight excluding hydrogens is 478 g/mol. The predicted octanol–water partition coefficient (Wildman–Crippen LogP) is 9.90. The minimum absolute atomic E-state index is 0.197. The third kappa shape index (κ3) is 4.04. The van der Waals surface area contributed by atoms with Crippen LogP contribution < -0.4 is 4.57 Å². The summed E-state index contributed by atoms with van der Waals surface area (Å²) in [4.78, 5) is 2.85. The van der Waals surface area contributed by atoms with Crippen molar-refractivity contribution in [3.8, 4) is 11.3 Å². The average molecular weight is 519 g/mol. The molecule has 194 valence electrons. The van der Waals surface area contributed by atoms with Gasteiger partial charge in [-0.05, 0) is 87.4 Å². The fourth-order valence-electron chi connectivity index (χ4n) is 6.53. The SMILES string of the molecule is Cc1c2c(c(CC(C)(C)C)c3ccccc13)Sc1cc3c(C)c(CC(C)(C)C)ccc3c3cc[n+](C)c-2c13. The third-order valence-corrected chi connectivity index (χ3v) is 9.37. The molecule has 1 aromatic heterocycles. The van der Waals surface area contributed by atoms with Crippen LogP contribution in [0.1, 0.15) is 63.8 Å². The minimum atomic E-state index is 0.197. The molecule has 38 heavy (non-hydrogen) atoms. The maximum absolute atomic E-state index is 2.50. The van der Waals surface area contributed by atoms with Crippen molar-refractivity contribution in [3.05, 3.63) is 77.0 Å². The molecule has 2 heteroatoms. The Morgan fingerprint density at radius 3 is 2.08 bits per heavy atom. The van der Waals surface area contributed by atoms with Crippen LogP contribution in [0.4, 0.5) is 0 Å². The molecule has 0 amide bonds. The van der Waals surface area contributed by atoms with Gasteiger partial charge in [0.2, 0.25) is 5.69 Å². The van der Waals surface area contributed by atoms with Gasteiger partial charge in [0, 0.05) is 21.2 Å². The lowest BCUT2D eigenvalue weighted by atomic mass is 9.82. The molecule has 0 saturated heterocycles. The van der Waals surface area contributed by atoms with Crippen molar-refractivity contribution in [3.63, 3.8) is 0 Å². The molecule has 0 radical (unpaired) electrons. The number of benzene rings is 4. The highest BCUT2D eigenvalue weighted by Crippen LogP contribution is 2.53. The van der Waals surface area contributed by atoms with Crippen molar-refractivity contribution < 1.29 is 4.57 Å². The van der Waals surface area contributed by atoms with Crippen molar-refractivity contribution in [1.82, 2.24) is 0 Å². The van der Waals surface area contributed by atoms with Crippen LogP contribution in [-0.4, -0.2) is 0 Å². The number of nitrogens with zero attached hydrogens (tertiary/aromatic N) is 1. The summed E-state index contributed by atoms with van der Waals surface area (Å²) >= 11 is 2.01. The summed E-state index contributed by atoms with van der Waals surface area (Å²) in [5.74, 6) is 0. The standard InChI is InChI=1S/C36H40NS/c1-21-23(19-35(3,4)5)14-15-26-27-16-17-37(9)33-31-22(2)24-12-10-11-13-25(24)29(20-36(6,7)8)34(31)38-30(32(27)33)18-28(21)26/h10-18H,19-20H2,1-9H3/q+1. The van der Waals surface area contributed by atoms with Gasteiger partial charge in [0.05, 0.1) is 10.9 Å². The second-order valence-corrected chi connectivity index (χ2v) is 14.9. The van der Waals surface area contributed by atoms with Crippen molar-refractivity contribution >= 4 is 44.1 Å². The largest absolute Gasteiger partial charge is 0.222 e. The molecule has 0 N–H and O–H groups in total. The second-order valence-electron chi connectivity index (χ2n) is 13.8. The molecule has 0 spiro atoms. The van der Waals surface area contributed by atoms with Crippen LogP contribution in [-0.2, 0) is 19.9 Å². The van der Waals surface area contributed by atoms with Crippen LogP contribution in [0, 0.1) is 24.7 Å². The smallest absolute Gasteiger partial charge is 0.200 e. The molecule has 5 aromatic rings. The summed E-state index contributed by atoms with van der Waals surface area (Å²) < 4.78 is 2.36. The quantitative estimate of drug-likeness (QED) is 0.163. The number of pyridine rings is 1. The molecule has 0 fully saturated rings. The molecule has 4 aromatic carbocycles. The van der Waals surface area contributed by atoms with Gasteiger partial charge < -0.3 is 0 Å². The molecule has 0 saturated carbocycles. The predicted molar refractivity (Wildman–Crippen MR) is 165 cm³/mol. The number of rotatable bonds is 2. The van der Waals surface area contributed by atoms with Gasteiger partial charge in [-0.25, -0.2) is 4.57 Å². The van der Waals surface area contributed by atoms with Gasteiger partial charge in [-0.1, -0.05) is 89.7 Å². The van der Waals surface area contributed by atoms with Gasteiger partial charge >= 0.3 is 0 Å². The molecule has 0 bridgehead atoms. The summed E-state index contributed by atoms with van der Waals surface area (Å²) in [7, 11) is 2.22. The monoisotopic (exact) mass is 518 g/mol. The van der Waals surface area contributed by atoms with Gasteiger partial charge in [0.15, 0.2) is 6.20 Å². The Hall–Kier alpha value is -2.84. The fourth-order valence-corrected chi connectivity index (χ4v) is 7.89. The zero-order valence-corrected chi connectivity index (χ0v) is 25.3. The Morgan fingerprint density at radius 2 is 1.39 bits per heavy atom. The lowest BCUT2D eigenvalue weighted by Crippen LogP contribution is -2.32. The second kappa shape index (κ2) is 8.58. The Kier molecular flexibility index (Phi) is 5.74. The van der Waals surface area contributed by atoms with Gasteiger partial charge in [0.1, 0.15) is 7.05 Å². The van der Waals surface area contributed by atoms with Crippen LogP contribution in [0.3, 0.4) is 0 Å².